The Morgan fingerprint density at radius 2 is 1.37 bits per heavy atom. The van der Waals surface area contributed by atoms with Crippen molar-refractivity contribution < 1.29 is 61.6 Å². The molecule has 0 radical (unpaired) electrons. The first-order chi connectivity index (χ1) is 13.4. The molecule has 15 heteroatoms. The lowest BCUT2D eigenvalue weighted by Crippen LogP contribution is -2.63. The first-order valence-electron chi connectivity index (χ1n) is 8.47. The van der Waals surface area contributed by atoms with Crippen molar-refractivity contribution in [2.45, 2.75) is 68.7 Å². The molecule has 0 fully saturated rings. The Kier molecular flexibility index (Phi) is 7.76. The lowest BCUT2D eigenvalue weighted by Gasteiger charge is -2.32. The van der Waals surface area contributed by atoms with Gasteiger partial charge in [0.15, 0.2) is 0 Å². The summed E-state index contributed by atoms with van der Waals surface area (Å²) >= 11 is 0. The number of alkyl halides is 9. The highest BCUT2D eigenvalue weighted by molar-refractivity contribution is 7.88. The van der Waals surface area contributed by atoms with Crippen LogP contribution < -0.4 is 0 Å². The molecule has 1 aliphatic carbocycles. The number of halogens is 9. The topological polar surface area (TPSA) is 69.7 Å². The van der Waals surface area contributed by atoms with Crippen molar-refractivity contribution in [3.63, 3.8) is 0 Å². The zero-order valence-electron chi connectivity index (χ0n) is 15.3. The summed E-state index contributed by atoms with van der Waals surface area (Å²) in [7, 11) is -7.10. The number of allylic oxidation sites excluding steroid dienone is 1. The number of rotatable bonds is 7. The van der Waals surface area contributed by atoms with Crippen LogP contribution in [0.5, 0.6) is 0 Å². The molecule has 176 valence electrons. The Labute approximate surface area is 165 Å². The van der Waals surface area contributed by atoms with Crippen molar-refractivity contribution in [1.29, 1.82) is 0 Å². The third kappa shape index (κ3) is 4.80. The second kappa shape index (κ2) is 8.83. The molecule has 0 saturated heterocycles. The van der Waals surface area contributed by atoms with Crippen molar-refractivity contribution in [3.05, 3.63) is 11.3 Å². The molecule has 0 saturated carbocycles. The standard InChI is InChI=1S/C15H17F9O5S/c1-2-28-11(25)9-7-5-3-4-6-8-10(9)29-30(26,27)15(23,24)13(18,19)12(16,17)14(20,21)22/h2-8H2,1H3. The minimum Gasteiger partial charge on any atom is -0.463 e. The summed E-state index contributed by atoms with van der Waals surface area (Å²) in [6.45, 7) is 1.10. The zero-order chi connectivity index (χ0) is 23.6. The van der Waals surface area contributed by atoms with E-state index in [4.69, 9.17) is 0 Å². The number of ether oxygens (including phenoxy) is 1. The van der Waals surface area contributed by atoms with E-state index in [2.05, 4.69) is 8.92 Å². The van der Waals surface area contributed by atoms with Crippen LogP contribution in [0.2, 0.25) is 0 Å². The van der Waals surface area contributed by atoms with E-state index < -0.39 is 57.1 Å². The summed E-state index contributed by atoms with van der Waals surface area (Å²) in [5, 5.41) is -6.99. The van der Waals surface area contributed by atoms with E-state index in [0.29, 0.717) is 12.8 Å². The fraction of sp³-hybridized carbons (Fsp3) is 0.800. The Bertz CT molecular complexity index is 772. The smallest absolute Gasteiger partial charge is 0.460 e. The van der Waals surface area contributed by atoms with Crippen molar-refractivity contribution in [2.24, 2.45) is 0 Å². The van der Waals surface area contributed by atoms with Crippen molar-refractivity contribution in [3.8, 4) is 0 Å². The minimum absolute atomic E-state index is 0.0361. The molecule has 0 N–H and O–H groups in total. The van der Waals surface area contributed by atoms with E-state index in [-0.39, 0.29) is 25.9 Å². The second-order valence-electron chi connectivity index (χ2n) is 6.24. The van der Waals surface area contributed by atoms with Crippen LogP contribution in [0.3, 0.4) is 0 Å². The first kappa shape index (κ1) is 26.4. The number of hydrogen-bond donors (Lipinski definition) is 0. The summed E-state index contributed by atoms with van der Waals surface area (Å²) in [5.74, 6) is -17.1. The fourth-order valence-electron chi connectivity index (χ4n) is 2.46. The van der Waals surface area contributed by atoms with Gasteiger partial charge in [-0.05, 0) is 26.2 Å². The van der Waals surface area contributed by atoms with Crippen molar-refractivity contribution in [2.75, 3.05) is 6.61 Å². The third-order valence-corrected chi connectivity index (χ3v) is 5.38. The molecule has 0 amide bonds. The van der Waals surface area contributed by atoms with Gasteiger partial charge in [-0.15, -0.1) is 0 Å². The monoisotopic (exact) mass is 480 g/mol. The molecule has 1 aliphatic rings. The average molecular weight is 480 g/mol. The molecule has 0 bridgehead atoms. The van der Waals surface area contributed by atoms with Crippen LogP contribution >= 0.6 is 0 Å². The molecule has 0 aromatic heterocycles. The van der Waals surface area contributed by atoms with Gasteiger partial charge >= 0.3 is 39.4 Å². The molecular formula is C15H17F9O5S. The first-order valence-corrected chi connectivity index (χ1v) is 9.88. The predicted molar refractivity (Wildman–Crippen MR) is 82.3 cm³/mol. The predicted octanol–water partition coefficient (Wildman–Crippen LogP) is 4.93. The largest absolute Gasteiger partial charge is 0.463 e. The van der Waals surface area contributed by atoms with Crippen LogP contribution in [0.1, 0.15) is 45.4 Å². The molecule has 5 nitrogen and oxygen atoms in total. The van der Waals surface area contributed by atoms with E-state index in [1.165, 1.54) is 6.92 Å². The summed E-state index contributed by atoms with van der Waals surface area (Å²) in [6.07, 6.45) is -6.84. The second-order valence-corrected chi connectivity index (χ2v) is 7.82. The van der Waals surface area contributed by atoms with Crippen LogP contribution in [-0.4, -0.2) is 44.3 Å². The summed E-state index contributed by atoms with van der Waals surface area (Å²) < 4.78 is 149. The van der Waals surface area contributed by atoms with E-state index in [9.17, 15) is 52.7 Å². The van der Waals surface area contributed by atoms with Crippen LogP contribution in [-0.2, 0) is 23.8 Å². The van der Waals surface area contributed by atoms with E-state index in [1.54, 1.807) is 0 Å². The van der Waals surface area contributed by atoms with Crippen molar-refractivity contribution >= 4 is 16.1 Å². The molecule has 0 heterocycles. The quantitative estimate of drug-likeness (QED) is 0.294. The summed E-state index contributed by atoms with van der Waals surface area (Å²) in [4.78, 5) is 11.9. The molecule has 0 aliphatic heterocycles. The maximum Gasteiger partial charge on any atom is 0.460 e. The Morgan fingerprint density at radius 3 is 1.83 bits per heavy atom. The van der Waals surface area contributed by atoms with Crippen LogP contribution in [0.15, 0.2) is 11.3 Å². The number of carbonyl (C=O) groups excluding carboxylic acids is 1. The molecule has 1 rings (SSSR count). The third-order valence-electron chi connectivity index (χ3n) is 4.08. The molecule has 0 atom stereocenters. The molecule has 30 heavy (non-hydrogen) atoms. The lowest BCUT2D eigenvalue weighted by atomic mass is 9.98. The van der Waals surface area contributed by atoms with Crippen LogP contribution in [0.4, 0.5) is 39.5 Å². The zero-order valence-corrected chi connectivity index (χ0v) is 16.1. The molecule has 0 aromatic rings. The average Bonchev–Trinajstić information content (AvgIpc) is 2.56. The molecule has 0 spiro atoms. The molecular weight excluding hydrogens is 463 g/mol. The van der Waals surface area contributed by atoms with Gasteiger partial charge in [0, 0.05) is 6.42 Å². The minimum atomic E-state index is -7.41. The van der Waals surface area contributed by atoms with Gasteiger partial charge in [0.25, 0.3) is 0 Å². The highest BCUT2D eigenvalue weighted by Crippen LogP contribution is 2.55. The van der Waals surface area contributed by atoms with Crippen LogP contribution in [0, 0.1) is 0 Å². The summed E-state index contributed by atoms with van der Waals surface area (Å²) in [5.41, 5.74) is -0.609. The van der Waals surface area contributed by atoms with Gasteiger partial charge in [0.2, 0.25) is 0 Å². The van der Waals surface area contributed by atoms with Gasteiger partial charge in [0.05, 0.1) is 12.2 Å². The number of esters is 1. The van der Waals surface area contributed by atoms with Gasteiger partial charge in [-0.2, -0.15) is 47.9 Å². The van der Waals surface area contributed by atoms with E-state index in [0.717, 1.165) is 0 Å². The van der Waals surface area contributed by atoms with E-state index >= 15 is 0 Å². The molecule has 0 unspecified atom stereocenters. The SMILES string of the molecule is CCOC(=O)C1=C(OS(=O)(=O)C(F)(F)C(F)(F)C(F)(F)C(F)(F)F)CCCCCC1. The van der Waals surface area contributed by atoms with Crippen LogP contribution in [0.25, 0.3) is 0 Å². The van der Waals surface area contributed by atoms with Gasteiger partial charge in [0.1, 0.15) is 5.76 Å². The maximum absolute atomic E-state index is 13.8. The van der Waals surface area contributed by atoms with Gasteiger partial charge in [-0.25, -0.2) is 4.79 Å². The fourth-order valence-corrected chi connectivity index (χ4v) is 3.46. The highest BCUT2D eigenvalue weighted by Gasteiger charge is 2.86. The Hall–Kier alpha value is -1.67. The highest BCUT2D eigenvalue weighted by atomic mass is 32.2. The Morgan fingerprint density at radius 1 is 0.867 bits per heavy atom. The summed E-state index contributed by atoms with van der Waals surface area (Å²) in [6, 6.07) is 0. The number of hydrogen-bond acceptors (Lipinski definition) is 5. The van der Waals surface area contributed by atoms with Gasteiger partial charge in [-0.3, -0.25) is 0 Å². The lowest BCUT2D eigenvalue weighted by molar-refractivity contribution is -0.382. The maximum atomic E-state index is 13.8. The van der Waals surface area contributed by atoms with Gasteiger partial charge < -0.3 is 8.92 Å². The molecule has 0 aromatic carbocycles. The van der Waals surface area contributed by atoms with E-state index in [1.807, 2.05) is 0 Å². The van der Waals surface area contributed by atoms with Gasteiger partial charge in [-0.1, -0.05) is 12.8 Å². The number of carbonyl (C=O) groups is 1. The normalized spacial score (nSPS) is 17.9. The Balaban J connectivity index is 3.46. The van der Waals surface area contributed by atoms with Crippen molar-refractivity contribution in [1.82, 2.24) is 0 Å².